The highest BCUT2D eigenvalue weighted by Gasteiger charge is 2.34. The van der Waals surface area contributed by atoms with Gasteiger partial charge in [0.25, 0.3) is 10.0 Å². The minimum Gasteiger partial charge on any atom is -0.355 e. The summed E-state index contributed by atoms with van der Waals surface area (Å²) in [4.78, 5) is 29.5. The number of amides is 2. The number of nitrogens with one attached hydrogen (secondary N) is 1. The average molecular weight is 618 g/mol. The molecule has 224 valence electrons. The molecule has 0 saturated carbocycles. The fraction of sp³-hybridized carbons (Fsp3) is 0.235. The van der Waals surface area contributed by atoms with Crippen LogP contribution in [0.4, 0.5) is 5.69 Å². The van der Waals surface area contributed by atoms with Crippen molar-refractivity contribution in [2.75, 3.05) is 17.4 Å². The molecule has 0 saturated heterocycles. The minimum absolute atomic E-state index is 0.0655. The number of rotatable bonds is 12. The second-order valence-corrected chi connectivity index (χ2v) is 12.7. The number of carbonyl (C=O) groups excluding carboxylic acids is 2. The van der Waals surface area contributed by atoms with Gasteiger partial charge in [0.15, 0.2) is 0 Å². The van der Waals surface area contributed by atoms with E-state index < -0.39 is 28.5 Å². The maximum absolute atomic E-state index is 14.4. The maximum Gasteiger partial charge on any atom is 0.264 e. The van der Waals surface area contributed by atoms with Gasteiger partial charge in [-0.2, -0.15) is 0 Å². The summed E-state index contributed by atoms with van der Waals surface area (Å²) in [6.45, 7) is 5.53. The van der Waals surface area contributed by atoms with Crippen LogP contribution in [0.5, 0.6) is 0 Å². The average Bonchev–Trinajstić information content (AvgIpc) is 2.99. The van der Waals surface area contributed by atoms with Crippen LogP contribution >= 0.6 is 11.6 Å². The summed E-state index contributed by atoms with van der Waals surface area (Å²) in [7, 11) is -4.14. The van der Waals surface area contributed by atoms with Gasteiger partial charge in [0.1, 0.15) is 12.6 Å². The van der Waals surface area contributed by atoms with Crippen LogP contribution in [0.15, 0.2) is 108 Å². The molecule has 0 spiro atoms. The number of sulfonamides is 1. The molecule has 4 aromatic rings. The number of aryl methyl sites for hydroxylation is 2. The van der Waals surface area contributed by atoms with Crippen LogP contribution in [0.2, 0.25) is 5.02 Å². The van der Waals surface area contributed by atoms with Crippen molar-refractivity contribution in [3.8, 4) is 0 Å². The molecule has 43 heavy (non-hydrogen) atoms. The normalized spacial score (nSPS) is 11.9. The summed E-state index contributed by atoms with van der Waals surface area (Å²) < 4.78 is 29.3. The van der Waals surface area contributed by atoms with Gasteiger partial charge >= 0.3 is 0 Å². The van der Waals surface area contributed by atoms with Crippen LogP contribution in [0.3, 0.4) is 0 Å². The van der Waals surface area contributed by atoms with Gasteiger partial charge in [-0.3, -0.25) is 13.9 Å². The van der Waals surface area contributed by atoms with Crippen molar-refractivity contribution in [1.82, 2.24) is 10.2 Å². The molecule has 0 aromatic heterocycles. The second kappa shape index (κ2) is 14.4. The number of benzene rings is 4. The van der Waals surface area contributed by atoms with Crippen molar-refractivity contribution in [2.24, 2.45) is 0 Å². The Labute approximate surface area is 259 Å². The Balaban J connectivity index is 1.81. The lowest BCUT2D eigenvalue weighted by molar-refractivity contribution is -0.140. The molecule has 0 aliphatic carbocycles. The first-order valence-corrected chi connectivity index (χ1v) is 15.9. The lowest BCUT2D eigenvalue weighted by Gasteiger charge is -2.34. The number of hydrogen-bond donors (Lipinski definition) is 1. The Morgan fingerprint density at radius 3 is 1.98 bits per heavy atom. The van der Waals surface area contributed by atoms with Gasteiger partial charge in [-0.1, -0.05) is 78.3 Å². The monoisotopic (exact) mass is 617 g/mol. The second-order valence-electron chi connectivity index (χ2n) is 10.4. The third-order valence-electron chi connectivity index (χ3n) is 6.99. The molecule has 9 heteroatoms. The Hall–Kier alpha value is -4.14. The third-order valence-corrected chi connectivity index (χ3v) is 9.03. The lowest BCUT2D eigenvalue weighted by Crippen LogP contribution is -2.53. The molecule has 0 radical (unpaired) electrons. The van der Waals surface area contributed by atoms with Gasteiger partial charge in [0.05, 0.1) is 10.6 Å². The van der Waals surface area contributed by atoms with Crippen LogP contribution in [-0.2, 0) is 32.6 Å². The van der Waals surface area contributed by atoms with Crippen molar-refractivity contribution in [2.45, 2.75) is 44.7 Å². The van der Waals surface area contributed by atoms with Gasteiger partial charge in [0, 0.05) is 24.5 Å². The molecule has 0 aliphatic rings. The van der Waals surface area contributed by atoms with Crippen LogP contribution in [0.25, 0.3) is 0 Å². The zero-order valence-electron chi connectivity index (χ0n) is 24.5. The number of halogens is 1. The van der Waals surface area contributed by atoms with Crippen molar-refractivity contribution in [1.29, 1.82) is 0 Å². The molecular formula is C34H36ClN3O4S. The molecule has 0 heterocycles. The highest BCUT2D eigenvalue weighted by Crippen LogP contribution is 2.27. The van der Waals surface area contributed by atoms with Gasteiger partial charge in [-0.25, -0.2) is 8.42 Å². The van der Waals surface area contributed by atoms with E-state index in [-0.39, 0.29) is 23.8 Å². The predicted octanol–water partition coefficient (Wildman–Crippen LogP) is 5.93. The highest BCUT2D eigenvalue weighted by atomic mass is 35.5. The zero-order valence-corrected chi connectivity index (χ0v) is 26.1. The fourth-order valence-corrected chi connectivity index (χ4v) is 6.52. The standard InChI is InChI=1S/C34H36ClN3O4S/c1-4-36-34(40)32(22-27-11-7-5-8-12-27)37(23-28-15-17-29(35)18-16-28)33(39)24-38(30-20-25(2)19-26(3)21-30)43(41,42)31-13-9-6-10-14-31/h5-21,32H,4,22-24H2,1-3H3,(H,36,40)/t32-/m1/s1. The summed E-state index contributed by atoms with van der Waals surface area (Å²) in [6.07, 6.45) is 0.251. The zero-order chi connectivity index (χ0) is 31.0. The smallest absolute Gasteiger partial charge is 0.264 e. The van der Waals surface area contributed by atoms with Gasteiger partial charge in [-0.05, 0) is 79.4 Å². The van der Waals surface area contributed by atoms with E-state index in [0.29, 0.717) is 17.3 Å². The molecule has 4 aromatic carbocycles. The number of likely N-dealkylation sites (N-methyl/N-ethyl adjacent to an activating group) is 1. The van der Waals surface area contributed by atoms with Crippen LogP contribution in [0, 0.1) is 13.8 Å². The number of nitrogens with zero attached hydrogens (tertiary/aromatic N) is 2. The first-order chi connectivity index (χ1) is 20.6. The van der Waals surface area contributed by atoms with E-state index in [0.717, 1.165) is 26.6 Å². The number of anilines is 1. The van der Waals surface area contributed by atoms with E-state index in [4.69, 9.17) is 11.6 Å². The van der Waals surface area contributed by atoms with E-state index in [1.54, 1.807) is 54.6 Å². The Morgan fingerprint density at radius 2 is 1.40 bits per heavy atom. The molecule has 7 nitrogen and oxygen atoms in total. The largest absolute Gasteiger partial charge is 0.355 e. The number of hydrogen-bond acceptors (Lipinski definition) is 4. The molecule has 2 amide bonds. The molecule has 4 rings (SSSR count). The number of carbonyl (C=O) groups is 2. The Bertz CT molecular complexity index is 1630. The topological polar surface area (TPSA) is 86.8 Å². The van der Waals surface area contributed by atoms with E-state index in [1.165, 1.54) is 17.0 Å². The summed E-state index contributed by atoms with van der Waals surface area (Å²) >= 11 is 6.12. The quantitative estimate of drug-likeness (QED) is 0.214. The van der Waals surface area contributed by atoms with E-state index in [2.05, 4.69) is 5.32 Å². The predicted molar refractivity (Wildman–Crippen MR) is 172 cm³/mol. The molecular weight excluding hydrogens is 582 g/mol. The van der Waals surface area contributed by atoms with Crippen LogP contribution < -0.4 is 9.62 Å². The SMILES string of the molecule is CCNC(=O)[C@@H](Cc1ccccc1)N(Cc1ccc(Cl)cc1)C(=O)CN(c1cc(C)cc(C)c1)S(=O)(=O)c1ccccc1. The molecule has 0 aliphatic heterocycles. The molecule has 0 fully saturated rings. The first-order valence-electron chi connectivity index (χ1n) is 14.1. The minimum atomic E-state index is -4.14. The van der Waals surface area contributed by atoms with E-state index in [1.807, 2.05) is 57.2 Å². The summed E-state index contributed by atoms with van der Waals surface area (Å²) in [5.74, 6) is -0.835. The highest BCUT2D eigenvalue weighted by molar-refractivity contribution is 7.92. The molecule has 0 bridgehead atoms. The third kappa shape index (κ3) is 8.24. The van der Waals surface area contributed by atoms with Crippen molar-refractivity contribution >= 4 is 39.1 Å². The Morgan fingerprint density at radius 1 is 0.814 bits per heavy atom. The van der Waals surface area contributed by atoms with Crippen molar-refractivity contribution < 1.29 is 18.0 Å². The van der Waals surface area contributed by atoms with E-state index >= 15 is 0 Å². The fourth-order valence-electron chi connectivity index (χ4n) is 4.98. The molecule has 0 unspecified atom stereocenters. The van der Waals surface area contributed by atoms with Gasteiger partial charge < -0.3 is 10.2 Å². The lowest BCUT2D eigenvalue weighted by atomic mass is 10.0. The van der Waals surface area contributed by atoms with Crippen LogP contribution in [-0.4, -0.2) is 44.3 Å². The summed E-state index contributed by atoms with van der Waals surface area (Å²) in [5, 5.41) is 3.41. The Kier molecular flexibility index (Phi) is 10.6. The molecule has 1 atom stereocenters. The first kappa shape index (κ1) is 31.8. The summed E-state index contributed by atoms with van der Waals surface area (Å²) in [5.41, 5.74) is 3.72. The van der Waals surface area contributed by atoms with Crippen molar-refractivity contribution in [3.63, 3.8) is 0 Å². The van der Waals surface area contributed by atoms with E-state index in [9.17, 15) is 18.0 Å². The maximum atomic E-state index is 14.4. The van der Waals surface area contributed by atoms with Crippen molar-refractivity contribution in [3.05, 3.63) is 130 Å². The van der Waals surface area contributed by atoms with Gasteiger partial charge in [-0.15, -0.1) is 0 Å². The van der Waals surface area contributed by atoms with Gasteiger partial charge in [0.2, 0.25) is 11.8 Å². The molecule has 1 N–H and O–H groups in total. The summed E-state index contributed by atoms with van der Waals surface area (Å²) in [6, 6.07) is 29.1. The van der Waals surface area contributed by atoms with Crippen LogP contribution in [0.1, 0.15) is 29.2 Å².